The van der Waals surface area contributed by atoms with E-state index in [0.717, 1.165) is 12.2 Å². The van der Waals surface area contributed by atoms with Crippen molar-refractivity contribution in [2.24, 2.45) is 0 Å². The maximum absolute atomic E-state index is 12.2. The Bertz CT molecular complexity index is 588. The predicted molar refractivity (Wildman–Crippen MR) is 82.9 cm³/mol. The van der Waals surface area contributed by atoms with Crippen molar-refractivity contribution in [2.75, 3.05) is 0 Å². The van der Waals surface area contributed by atoms with Gasteiger partial charge in [-0.15, -0.1) is 23.2 Å². The van der Waals surface area contributed by atoms with Crippen LogP contribution in [0, 0.1) is 0 Å². The minimum atomic E-state index is -2.01. The summed E-state index contributed by atoms with van der Waals surface area (Å²) in [6.07, 6.45) is 4.71. The second-order valence-corrected chi connectivity index (χ2v) is 7.00. The molecule has 2 unspecified atom stereocenters. The lowest BCUT2D eigenvalue weighted by molar-refractivity contribution is -0.122. The number of allylic oxidation sites excluding steroid dienone is 8. The SMILES string of the molecule is O=C1C(Cl)=CC(Cl)=CC1(Cl)C1(Cl)C=C(Cl)C=C(Cl)C1=O. The maximum Gasteiger partial charge on any atom is 0.201 e. The lowest BCUT2D eigenvalue weighted by atomic mass is 9.79. The third kappa shape index (κ3) is 2.37. The zero-order valence-corrected chi connectivity index (χ0v) is 13.9. The van der Waals surface area contributed by atoms with E-state index in [1.165, 1.54) is 12.2 Å². The Morgan fingerprint density at radius 1 is 0.700 bits per heavy atom. The number of halogens is 6. The van der Waals surface area contributed by atoms with Crippen molar-refractivity contribution in [3.05, 3.63) is 44.4 Å². The molecule has 2 nitrogen and oxygen atoms in total. The highest BCUT2D eigenvalue weighted by Crippen LogP contribution is 2.48. The first-order valence-electron chi connectivity index (χ1n) is 5.10. The van der Waals surface area contributed by atoms with E-state index < -0.39 is 21.3 Å². The van der Waals surface area contributed by atoms with Crippen LogP contribution < -0.4 is 0 Å². The van der Waals surface area contributed by atoms with Gasteiger partial charge in [0.05, 0.1) is 10.1 Å². The maximum atomic E-state index is 12.2. The Hall–Kier alpha value is 0.0400. The molecule has 0 aromatic rings. The van der Waals surface area contributed by atoms with E-state index in [1.54, 1.807) is 0 Å². The average Bonchev–Trinajstić information content (AvgIpc) is 2.32. The van der Waals surface area contributed by atoms with Crippen LogP contribution in [0.2, 0.25) is 0 Å². The van der Waals surface area contributed by atoms with E-state index in [0.29, 0.717) is 0 Å². The predicted octanol–water partition coefficient (Wildman–Crippen LogP) is 4.60. The molecule has 2 aliphatic rings. The average molecular weight is 393 g/mol. The minimum Gasteiger partial charge on any atom is -0.291 e. The summed E-state index contributed by atoms with van der Waals surface area (Å²) in [4.78, 5) is 20.5. The zero-order chi connectivity index (χ0) is 15.3. The van der Waals surface area contributed by atoms with Crippen molar-refractivity contribution in [3.63, 3.8) is 0 Å². The van der Waals surface area contributed by atoms with Gasteiger partial charge in [-0.3, -0.25) is 9.59 Å². The highest BCUT2D eigenvalue weighted by molar-refractivity contribution is 6.62. The van der Waals surface area contributed by atoms with Gasteiger partial charge in [-0.2, -0.15) is 0 Å². The monoisotopic (exact) mass is 390 g/mol. The first-order chi connectivity index (χ1) is 9.11. The van der Waals surface area contributed by atoms with Gasteiger partial charge < -0.3 is 0 Å². The van der Waals surface area contributed by atoms with E-state index in [4.69, 9.17) is 69.6 Å². The highest BCUT2D eigenvalue weighted by atomic mass is 35.5. The molecule has 2 rings (SSSR count). The summed E-state index contributed by atoms with van der Waals surface area (Å²) in [6.45, 7) is 0. The van der Waals surface area contributed by atoms with Crippen LogP contribution in [0.25, 0.3) is 0 Å². The highest BCUT2D eigenvalue weighted by Gasteiger charge is 2.59. The molecule has 0 aliphatic heterocycles. The van der Waals surface area contributed by atoms with Crippen LogP contribution in [-0.2, 0) is 9.59 Å². The second-order valence-electron chi connectivity index (χ2n) is 4.12. The minimum absolute atomic E-state index is 0.0765. The molecule has 0 fully saturated rings. The van der Waals surface area contributed by atoms with Gasteiger partial charge in [0, 0.05) is 10.1 Å². The molecular weight excluding hydrogens is 389 g/mol. The van der Waals surface area contributed by atoms with Gasteiger partial charge in [-0.05, 0) is 24.3 Å². The van der Waals surface area contributed by atoms with E-state index >= 15 is 0 Å². The molecule has 0 saturated carbocycles. The van der Waals surface area contributed by atoms with E-state index in [9.17, 15) is 9.59 Å². The molecule has 0 aromatic heterocycles. The molecule has 8 heteroatoms. The van der Waals surface area contributed by atoms with Crippen LogP contribution in [0.4, 0.5) is 0 Å². The number of alkyl halides is 2. The van der Waals surface area contributed by atoms with Gasteiger partial charge >= 0.3 is 0 Å². The van der Waals surface area contributed by atoms with Crippen molar-refractivity contribution >= 4 is 81.2 Å². The van der Waals surface area contributed by atoms with Crippen molar-refractivity contribution in [1.82, 2.24) is 0 Å². The molecule has 0 spiro atoms. The number of hydrogen-bond donors (Lipinski definition) is 0. The zero-order valence-electron chi connectivity index (χ0n) is 9.39. The number of rotatable bonds is 1. The van der Waals surface area contributed by atoms with Gasteiger partial charge in [-0.1, -0.05) is 46.4 Å². The van der Waals surface area contributed by atoms with Crippen LogP contribution in [0.1, 0.15) is 0 Å². The van der Waals surface area contributed by atoms with Gasteiger partial charge in [-0.25, -0.2) is 0 Å². The number of hydrogen-bond acceptors (Lipinski definition) is 2. The Labute approximate surface area is 144 Å². The summed E-state index contributed by atoms with van der Waals surface area (Å²) in [5.74, 6) is -1.53. The topological polar surface area (TPSA) is 34.1 Å². The van der Waals surface area contributed by atoms with Crippen molar-refractivity contribution < 1.29 is 9.59 Å². The largest absolute Gasteiger partial charge is 0.291 e. The number of Topliss-reactive ketones (excluding diaryl/α,β-unsaturated/α-hetero) is 2. The Morgan fingerprint density at radius 2 is 1.00 bits per heavy atom. The van der Waals surface area contributed by atoms with Crippen LogP contribution in [0.3, 0.4) is 0 Å². The molecule has 106 valence electrons. The van der Waals surface area contributed by atoms with Crippen molar-refractivity contribution in [1.29, 1.82) is 0 Å². The Balaban J connectivity index is 2.66. The number of ketones is 2. The smallest absolute Gasteiger partial charge is 0.201 e. The fourth-order valence-electron chi connectivity index (χ4n) is 1.86. The molecule has 0 N–H and O–H groups in total. The number of carbonyl (C=O) groups is 2. The van der Waals surface area contributed by atoms with E-state index in [-0.39, 0.29) is 20.1 Å². The van der Waals surface area contributed by atoms with Crippen LogP contribution in [0.5, 0.6) is 0 Å². The van der Waals surface area contributed by atoms with Gasteiger partial charge in [0.15, 0.2) is 9.75 Å². The molecule has 0 radical (unpaired) electrons. The Kier molecular flexibility index (Phi) is 4.39. The normalized spacial score (nSPS) is 34.3. The first kappa shape index (κ1) is 16.4. The standard InChI is InChI=1S/C12H4Cl6O2/c13-5-1-7(15)9(19)11(17,3-5)12(18)4-6(14)2-8(16)10(12)20/h1-4H. The summed E-state index contributed by atoms with van der Waals surface area (Å²) < 4.78 is 0. The second kappa shape index (κ2) is 5.35. The van der Waals surface area contributed by atoms with Gasteiger partial charge in [0.1, 0.15) is 0 Å². The summed E-state index contributed by atoms with van der Waals surface area (Å²) in [6, 6.07) is 0. The molecule has 0 heterocycles. The van der Waals surface area contributed by atoms with E-state index in [2.05, 4.69) is 0 Å². The van der Waals surface area contributed by atoms with E-state index in [1.807, 2.05) is 0 Å². The third-order valence-electron chi connectivity index (χ3n) is 2.83. The quantitative estimate of drug-likeness (QED) is 0.611. The van der Waals surface area contributed by atoms with Crippen molar-refractivity contribution in [3.8, 4) is 0 Å². The molecule has 0 amide bonds. The van der Waals surface area contributed by atoms with Gasteiger partial charge in [0.2, 0.25) is 11.6 Å². The molecule has 0 saturated heterocycles. The van der Waals surface area contributed by atoms with Crippen LogP contribution >= 0.6 is 69.6 Å². The molecule has 2 atom stereocenters. The first-order valence-corrected chi connectivity index (χ1v) is 7.37. The fourth-order valence-corrected chi connectivity index (χ4v) is 3.97. The summed E-state index contributed by atoms with van der Waals surface area (Å²) >= 11 is 35.8. The number of carbonyl (C=O) groups excluding carboxylic acids is 2. The lowest BCUT2D eigenvalue weighted by Gasteiger charge is -2.38. The van der Waals surface area contributed by atoms with Crippen LogP contribution in [0.15, 0.2) is 44.4 Å². The molecule has 20 heavy (non-hydrogen) atoms. The Morgan fingerprint density at radius 3 is 1.30 bits per heavy atom. The molecule has 0 aromatic carbocycles. The fraction of sp³-hybridized carbons (Fsp3) is 0.167. The van der Waals surface area contributed by atoms with Crippen LogP contribution in [-0.4, -0.2) is 21.3 Å². The summed E-state index contributed by atoms with van der Waals surface area (Å²) in [7, 11) is 0. The third-order valence-corrected chi connectivity index (χ3v) is 5.08. The molecule has 2 aliphatic carbocycles. The summed E-state index contributed by atoms with van der Waals surface area (Å²) in [5.41, 5.74) is 0. The lowest BCUT2D eigenvalue weighted by Crippen LogP contribution is -2.56. The molecule has 0 bridgehead atoms. The summed E-state index contributed by atoms with van der Waals surface area (Å²) in [5, 5.41) is -0.328. The van der Waals surface area contributed by atoms with Gasteiger partial charge in [0.25, 0.3) is 0 Å². The molecular formula is C12H4Cl6O2. The van der Waals surface area contributed by atoms with Crippen molar-refractivity contribution in [2.45, 2.75) is 9.75 Å².